The number of ether oxygens (including phenoxy) is 2. The second-order valence-corrected chi connectivity index (χ2v) is 6.65. The second-order valence-electron chi connectivity index (χ2n) is 6.65. The lowest BCUT2D eigenvalue weighted by atomic mass is 10.0. The van der Waals surface area contributed by atoms with Crippen molar-refractivity contribution < 1.29 is 23.9 Å². The van der Waals surface area contributed by atoms with Crippen LogP contribution in [-0.4, -0.2) is 66.7 Å². The first-order valence-electron chi connectivity index (χ1n) is 7.44. The number of carbonyl (C=O) groups excluding carboxylic acids is 3. The second kappa shape index (κ2) is 7.09. The Morgan fingerprint density at radius 2 is 1.91 bits per heavy atom. The first-order chi connectivity index (χ1) is 10.1. The quantitative estimate of drug-likeness (QED) is 0.727. The highest BCUT2D eigenvalue weighted by molar-refractivity contribution is 6.00. The van der Waals surface area contributed by atoms with Crippen molar-refractivity contribution in [3.05, 3.63) is 0 Å². The monoisotopic (exact) mass is 314 g/mol. The molecule has 0 saturated carbocycles. The number of rotatable bonds is 4. The first kappa shape index (κ1) is 18.4. The highest BCUT2D eigenvalue weighted by Crippen LogP contribution is 2.28. The van der Waals surface area contributed by atoms with Gasteiger partial charge in [-0.3, -0.25) is 4.79 Å². The molecule has 1 heterocycles. The number of imide groups is 1. The molecule has 1 aliphatic rings. The molecule has 2 atom stereocenters. The molecule has 7 heteroatoms. The van der Waals surface area contributed by atoms with E-state index in [2.05, 4.69) is 0 Å². The fourth-order valence-electron chi connectivity index (χ4n) is 2.39. The molecule has 1 fully saturated rings. The summed E-state index contributed by atoms with van der Waals surface area (Å²) in [5, 5.41) is 0. The zero-order chi connectivity index (χ0) is 17.1. The Morgan fingerprint density at radius 1 is 1.32 bits per heavy atom. The normalized spacial score (nSPS) is 22.1. The molecule has 0 bridgehead atoms. The summed E-state index contributed by atoms with van der Waals surface area (Å²) in [6.07, 6.45) is -0.536. The van der Waals surface area contributed by atoms with Gasteiger partial charge in [0.25, 0.3) is 0 Å². The van der Waals surface area contributed by atoms with Crippen LogP contribution in [0.15, 0.2) is 0 Å². The average molecular weight is 314 g/mol. The molecule has 2 amide bonds. The van der Waals surface area contributed by atoms with Gasteiger partial charge in [-0.25, -0.2) is 14.5 Å². The molecule has 126 valence electrons. The fourth-order valence-corrected chi connectivity index (χ4v) is 2.39. The zero-order valence-corrected chi connectivity index (χ0v) is 14.2. The van der Waals surface area contributed by atoms with Crippen LogP contribution in [0.5, 0.6) is 0 Å². The largest absolute Gasteiger partial charge is 0.464 e. The van der Waals surface area contributed by atoms with Crippen molar-refractivity contribution in [1.82, 2.24) is 9.80 Å². The van der Waals surface area contributed by atoms with E-state index in [0.29, 0.717) is 6.54 Å². The van der Waals surface area contributed by atoms with E-state index >= 15 is 0 Å². The third-order valence-corrected chi connectivity index (χ3v) is 3.14. The van der Waals surface area contributed by atoms with Gasteiger partial charge in [-0.2, -0.15) is 0 Å². The van der Waals surface area contributed by atoms with Crippen LogP contribution in [0.3, 0.4) is 0 Å². The van der Waals surface area contributed by atoms with Crippen molar-refractivity contribution in [2.75, 3.05) is 27.2 Å². The Morgan fingerprint density at radius 3 is 2.36 bits per heavy atom. The van der Waals surface area contributed by atoms with Crippen molar-refractivity contribution in [2.45, 2.75) is 45.8 Å². The van der Waals surface area contributed by atoms with Gasteiger partial charge in [-0.1, -0.05) is 0 Å². The van der Waals surface area contributed by atoms with Gasteiger partial charge in [0.15, 0.2) is 0 Å². The van der Waals surface area contributed by atoms with Gasteiger partial charge < -0.3 is 14.4 Å². The number of nitrogens with zero attached hydrogens (tertiary/aromatic N) is 2. The van der Waals surface area contributed by atoms with Crippen LogP contribution in [0, 0.1) is 5.92 Å². The van der Waals surface area contributed by atoms with E-state index in [1.54, 1.807) is 27.7 Å². The smallest absolute Gasteiger partial charge is 0.417 e. The predicted octanol–water partition coefficient (Wildman–Crippen LogP) is 1.26. The molecule has 0 aromatic rings. The van der Waals surface area contributed by atoms with E-state index in [9.17, 15) is 14.4 Å². The van der Waals surface area contributed by atoms with E-state index < -0.39 is 29.6 Å². The highest BCUT2D eigenvalue weighted by atomic mass is 16.6. The molecular formula is C15H26N2O5. The first-order valence-corrected chi connectivity index (χ1v) is 7.44. The van der Waals surface area contributed by atoms with Gasteiger partial charge in [-0.05, 0) is 48.2 Å². The Bertz CT molecular complexity index is 442. The van der Waals surface area contributed by atoms with Gasteiger partial charge in [-0.15, -0.1) is 0 Å². The van der Waals surface area contributed by atoms with E-state index in [4.69, 9.17) is 9.47 Å². The van der Waals surface area contributed by atoms with Gasteiger partial charge in [0.1, 0.15) is 11.6 Å². The summed E-state index contributed by atoms with van der Waals surface area (Å²) in [6.45, 7) is 7.48. The lowest BCUT2D eigenvalue weighted by molar-refractivity contribution is -0.151. The molecule has 0 spiro atoms. The molecule has 0 N–H and O–H groups in total. The summed E-state index contributed by atoms with van der Waals surface area (Å²) in [4.78, 5) is 39.6. The summed E-state index contributed by atoms with van der Waals surface area (Å²) in [5.41, 5.74) is -0.740. The molecular weight excluding hydrogens is 288 g/mol. The van der Waals surface area contributed by atoms with Crippen molar-refractivity contribution in [1.29, 1.82) is 0 Å². The van der Waals surface area contributed by atoms with Crippen LogP contribution in [0.2, 0.25) is 0 Å². The molecule has 1 saturated heterocycles. The lowest BCUT2D eigenvalue weighted by Crippen LogP contribution is -2.46. The molecule has 0 aromatic heterocycles. The Balaban J connectivity index is 2.98. The molecule has 1 aliphatic heterocycles. The number of hydrogen-bond acceptors (Lipinski definition) is 6. The topological polar surface area (TPSA) is 76.2 Å². The number of amides is 2. The van der Waals surface area contributed by atoms with Crippen LogP contribution in [0.25, 0.3) is 0 Å². The summed E-state index contributed by atoms with van der Waals surface area (Å²) >= 11 is 0. The maximum Gasteiger partial charge on any atom is 0.417 e. The van der Waals surface area contributed by atoms with E-state index in [1.165, 1.54) is 0 Å². The molecule has 7 nitrogen and oxygen atoms in total. The SMILES string of the molecule is CCOC(=O)[C@@H]1CC(CN(C)C)C(=O)N1C(=O)OC(C)(C)C. The van der Waals surface area contributed by atoms with Gasteiger partial charge in [0.05, 0.1) is 12.5 Å². The van der Waals surface area contributed by atoms with Gasteiger partial charge >= 0.3 is 12.1 Å². The van der Waals surface area contributed by atoms with E-state index in [1.807, 2.05) is 19.0 Å². The van der Waals surface area contributed by atoms with Crippen molar-refractivity contribution in [3.8, 4) is 0 Å². The Hall–Kier alpha value is -1.63. The highest BCUT2D eigenvalue weighted by Gasteiger charge is 2.48. The van der Waals surface area contributed by atoms with Crippen LogP contribution in [0.1, 0.15) is 34.1 Å². The van der Waals surface area contributed by atoms with E-state index in [-0.39, 0.29) is 18.9 Å². The summed E-state index contributed by atoms with van der Waals surface area (Å²) in [5.74, 6) is -1.37. The van der Waals surface area contributed by atoms with Crippen molar-refractivity contribution in [3.63, 3.8) is 0 Å². The molecule has 22 heavy (non-hydrogen) atoms. The maximum absolute atomic E-state index is 12.5. The number of carbonyl (C=O) groups is 3. The summed E-state index contributed by atoms with van der Waals surface area (Å²) in [7, 11) is 3.67. The van der Waals surface area contributed by atoms with Gasteiger partial charge in [0.2, 0.25) is 5.91 Å². The number of likely N-dealkylation sites (tertiary alicyclic amines) is 1. The van der Waals surface area contributed by atoms with Crippen molar-refractivity contribution >= 4 is 18.0 Å². The number of hydrogen-bond donors (Lipinski definition) is 0. The standard InChI is InChI=1S/C15H26N2O5/c1-7-21-13(19)11-8-10(9-16(5)6)12(18)17(11)14(20)22-15(2,3)4/h10-11H,7-9H2,1-6H3/t10?,11-/m0/s1. The lowest BCUT2D eigenvalue weighted by Gasteiger charge is -2.26. The molecule has 1 unspecified atom stereocenters. The minimum atomic E-state index is -0.910. The molecule has 1 rings (SSSR count). The summed E-state index contributed by atoms with van der Waals surface area (Å²) < 4.78 is 10.2. The van der Waals surface area contributed by atoms with E-state index in [0.717, 1.165) is 4.90 Å². The van der Waals surface area contributed by atoms with Gasteiger partial charge in [0, 0.05) is 6.54 Å². The van der Waals surface area contributed by atoms with Crippen LogP contribution >= 0.6 is 0 Å². The molecule has 0 aliphatic carbocycles. The Labute approximate surface area is 131 Å². The molecule has 0 radical (unpaired) electrons. The van der Waals surface area contributed by atoms with Crippen LogP contribution in [-0.2, 0) is 19.1 Å². The fraction of sp³-hybridized carbons (Fsp3) is 0.800. The van der Waals surface area contributed by atoms with Crippen LogP contribution < -0.4 is 0 Å². The minimum absolute atomic E-state index is 0.198. The zero-order valence-electron chi connectivity index (χ0n) is 14.2. The third kappa shape index (κ3) is 4.69. The third-order valence-electron chi connectivity index (χ3n) is 3.14. The van der Waals surface area contributed by atoms with Crippen molar-refractivity contribution in [2.24, 2.45) is 5.92 Å². The maximum atomic E-state index is 12.5. The molecule has 0 aromatic carbocycles. The van der Waals surface area contributed by atoms with Crippen LogP contribution in [0.4, 0.5) is 4.79 Å². The predicted molar refractivity (Wildman–Crippen MR) is 80.2 cm³/mol. The summed E-state index contributed by atoms with van der Waals surface area (Å²) in [6, 6.07) is -0.910. The minimum Gasteiger partial charge on any atom is -0.464 e. The number of esters is 1. The average Bonchev–Trinajstić information content (AvgIpc) is 2.64. The Kier molecular flexibility index (Phi) is 5.93.